The molecule has 0 aromatic heterocycles. The topological polar surface area (TPSA) is 58.2 Å². The second-order valence-electron chi connectivity index (χ2n) is 5.19. The van der Waals surface area contributed by atoms with E-state index in [-0.39, 0.29) is 4.90 Å². The van der Waals surface area contributed by atoms with E-state index in [0.29, 0.717) is 24.0 Å². The monoisotopic (exact) mass is 348 g/mol. The van der Waals surface area contributed by atoms with Gasteiger partial charge in [-0.05, 0) is 55.0 Å². The third-order valence-electron chi connectivity index (χ3n) is 3.60. The third kappa shape index (κ3) is 4.86. The highest BCUT2D eigenvalue weighted by Gasteiger charge is 2.19. The van der Waals surface area contributed by atoms with Crippen molar-refractivity contribution in [1.82, 2.24) is 10.0 Å². The molecular weight excluding hydrogens is 328 g/mol. The molecule has 0 bridgehead atoms. The van der Waals surface area contributed by atoms with Gasteiger partial charge < -0.3 is 5.32 Å². The lowest BCUT2D eigenvalue weighted by atomic mass is 10.0. The van der Waals surface area contributed by atoms with E-state index in [2.05, 4.69) is 10.0 Å². The van der Waals surface area contributed by atoms with Crippen LogP contribution in [-0.4, -0.2) is 33.5 Å². The predicted octanol–water partition coefficient (Wildman–Crippen LogP) is 2.48. The Hall–Kier alpha value is -0.270. The van der Waals surface area contributed by atoms with Crippen LogP contribution in [0.25, 0.3) is 0 Å². The minimum Gasteiger partial charge on any atom is -0.316 e. The van der Waals surface area contributed by atoms with Crippen LogP contribution in [0.2, 0.25) is 5.02 Å². The molecule has 21 heavy (non-hydrogen) atoms. The number of benzene rings is 1. The zero-order valence-electron chi connectivity index (χ0n) is 12.1. The van der Waals surface area contributed by atoms with Crippen molar-refractivity contribution in [1.29, 1.82) is 0 Å². The largest absolute Gasteiger partial charge is 0.316 e. The quantitative estimate of drug-likeness (QED) is 0.829. The first-order valence-electron chi connectivity index (χ1n) is 7.03. The molecule has 1 fully saturated rings. The Kier molecular flexibility index (Phi) is 6.37. The van der Waals surface area contributed by atoms with Gasteiger partial charge in [-0.1, -0.05) is 17.7 Å². The van der Waals surface area contributed by atoms with Crippen molar-refractivity contribution in [2.45, 2.75) is 24.3 Å². The van der Waals surface area contributed by atoms with Crippen LogP contribution in [0.1, 0.15) is 18.4 Å². The third-order valence-corrected chi connectivity index (χ3v) is 6.43. The molecule has 1 aromatic rings. The average Bonchev–Trinajstić information content (AvgIpc) is 2.48. The molecule has 2 rings (SSSR count). The summed E-state index contributed by atoms with van der Waals surface area (Å²) >= 11 is 8.06. The van der Waals surface area contributed by atoms with Gasteiger partial charge in [0.05, 0.1) is 4.90 Å². The van der Waals surface area contributed by atoms with Crippen LogP contribution in [0, 0.1) is 5.92 Å². The van der Waals surface area contributed by atoms with Crippen LogP contribution in [-0.2, 0) is 16.6 Å². The first-order valence-corrected chi connectivity index (χ1v) is 10.0. The zero-order valence-corrected chi connectivity index (χ0v) is 14.5. The fourth-order valence-electron chi connectivity index (χ4n) is 2.29. The number of nitrogens with one attached hydrogen (secondary N) is 2. The summed E-state index contributed by atoms with van der Waals surface area (Å²) in [6.07, 6.45) is 2.16. The van der Waals surface area contributed by atoms with Crippen LogP contribution < -0.4 is 10.0 Å². The van der Waals surface area contributed by atoms with Gasteiger partial charge in [0, 0.05) is 18.1 Å². The Bertz CT molecular complexity index is 572. The lowest BCUT2D eigenvalue weighted by Crippen LogP contribution is -2.31. The number of halogens is 1. The first-order chi connectivity index (χ1) is 10.0. The highest BCUT2D eigenvalue weighted by atomic mass is 35.5. The molecule has 1 aromatic carbocycles. The van der Waals surface area contributed by atoms with E-state index in [9.17, 15) is 8.42 Å². The van der Waals surface area contributed by atoms with Crippen LogP contribution in [0.4, 0.5) is 0 Å². The molecule has 0 atom stereocenters. The molecule has 1 saturated heterocycles. The maximum absolute atomic E-state index is 12.3. The van der Waals surface area contributed by atoms with Crippen LogP contribution in [0.15, 0.2) is 23.1 Å². The minimum absolute atomic E-state index is 0.234. The molecule has 0 radical (unpaired) electrons. The van der Waals surface area contributed by atoms with Gasteiger partial charge in [-0.3, -0.25) is 0 Å². The van der Waals surface area contributed by atoms with Gasteiger partial charge in [0.25, 0.3) is 0 Å². The average molecular weight is 349 g/mol. The van der Waals surface area contributed by atoms with Gasteiger partial charge in [0.1, 0.15) is 0 Å². The summed E-state index contributed by atoms with van der Waals surface area (Å²) in [4.78, 5) is 0.234. The molecule has 118 valence electrons. The normalized spacial score (nSPS) is 17.0. The molecule has 0 spiro atoms. The molecule has 4 nitrogen and oxygen atoms in total. The van der Waals surface area contributed by atoms with Gasteiger partial charge in [-0.25, -0.2) is 13.1 Å². The lowest BCUT2D eigenvalue weighted by molar-refractivity contribution is 0.476. The second-order valence-corrected chi connectivity index (χ2v) is 8.59. The van der Waals surface area contributed by atoms with Gasteiger partial charge >= 0.3 is 0 Å². The summed E-state index contributed by atoms with van der Waals surface area (Å²) in [6.45, 7) is 1.13. The number of thioether (sulfide) groups is 1. The van der Waals surface area contributed by atoms with Crippen molar-refractivity contribution in [3.63, 3.8) is 0 Å². The fraction of sp³-hybridized carbons (Fsp3) is 0.571. The van der Waals surface area contributed by atoms with E-state index < -0.39 is 10.0 Å². The molecule has 0 saturated carbocycles. The van der Waals surface area contributed by atoms with E-state index in [1.807, 2.05) is 18.8 Å². The predicted molar refractivity (Wildman–Crippen MR) is 89.5 cm³/mol. The Balaban J connectivity index is 2.03. The van der Waals surface area contributed by atoms with Crippen LogP contribution >= 0.6 is 23.4 Å². The number of rotatable bonds is 6. The standard InChI is InChI=1S/C14H21ClN2O2S2/c1-16-10-12-2-3-13(8-14(12)15)21(18,19)17-9-11-4-6-20-7-5-11/h2-3,8,11,16-17H,4-7,9-10H2,1H3. The Morgan fingerprint density at radius 2 is 2.05 bits per heavy atom. The Morgan fingerprint density at radius 1 is 1.33 bits per heavy atom. The van der Waals surface area contributed by atoms with E-state index in [0.717, 1.165) is 29.9 Å². The maximum Gasteiger partial charge on any atom is 0.240 e. The summed E-state index contributed by atoms with van der Waals surface area (Å²) in [5.74, 6) is 2.69. The Morgan fingerprint density at radius 3 is 2.67 bits per heavy atom. The highest BCUT2D eigenvalue weighted by Crippen LogP contribution is 2.24. The second kappa shape index (κ2) is 7.83. The zero-order chi connectivity index (χ0) is 15.3. The summed E-state index contributed by atoms with van der Waals surface area (Å²) in [5, 5.41) is 3.47. The molecule has 0 aliphatic carbocycles. The van der Waals surface area contributed by atoms with Gasteiger partial charge in [-0.15, -0.1) is 0 Å². The number of sulfonamides is 1. The summed E-state index contributed by atoms with van der Waals surface area (Å²) in [6, 6.07) is 4.88. The van der Waals surface area contributed by atoms with Crippen molar-refractivity contribution in [2.75, 3.05) is 25.1 Å². The van der Waals surface area contributed by atoms with Crippen molar-refractivity contribution in [3.8, 4) is 0 Å². The molecule has 0 unspecified atom stereocenters. The van der Waals surface area contributed by atoms with Crippen LogP contribution in [0.5, 0.6) is 0 Å². The van der Waals surface area contributed by atoms with Crippen molar-refractivity contribution in [2.24, 2.45) is 5.92 Å². The molecule has 1 aliphatic rings. The smallest absolute Gasteiger partial charge is 0.240 e. The lowest BCUT2D eigenvalue weighted by Gasteiger charge is -2.21. The summed E-state index contributed by atoms with van der Waals surface area (Å²) < 4.78 is 27.3. The van der Waals surface area contributed by atoms with E-state index in [1.54, 1.807) is 12.1 Å². The van der Waals surface area contributed by atoms with E-state index >= 15 is 0 Å². The van der Waals surface area contributed by atoms with Crippen molar-refractivity contribution in [3.05, 3.63) is 28.8 Å². The van der Waals surface area contributed by atoms with Crippen molar-refractivity contribution < 1.29 is 8.42 Å². The van der Waals surface area contributed by atoms with E-state index in [1.165, 1.54) is 6.07 Å². The first kappa shape index (κ1) is 17.1. The molecule has 7 heteroatoms. The summed E-state index contributed by atoms with van der Waals surface area (Å²) in [7, 11) is -1.65. The number of hydrogen-bond donors (Lipinski definition) is 2. The van der Waals surface area contributed by atoms with Gasteiger partial charge in [0.15, 0.2) is 0 Å². The van der Waals surface area contributed by atoms with Crippen molar-refractivity contribution >= 4 is 33.4 Å². The molecule has 0 amide bonds. The summed E-state index contributed by atoms with van der Waals surface area (Å²) in [5.41, 5.74) is 0.891. The van der Waals surface area contributed by atoms with Gasteiger partial charge in [0.2, 0.25) is 10.0 Å². The van der Waals surface area contributed by atoms with E-state index in [4.69, 9.17) is 11.6 Å². The van der Waals surface area contributed by atoms with Gasteiger partial charge in [-0.2, -0.15) is 11.8 Å². The minimum atomic E-state index is -3.48. The highest BCUT2D eigenvalue weighted by molar-refractivity contribution is 7.99. The maximum atomic E-state index is 12.3. The fourth-order valence-corrected chi connectivity index (χ4v) is 4.95. The molecule has 1 heterocycles. The molecular formula is C14H21ClN2O2S2. The molecule has 2 N–H and O–H groups in total. The number of hydrogen-bond acceptors (Lipinski definition) is 4. The SMILES string of the molecule is CNCc1ccc(S(=O)(=O)NCC2CCSCC2)cc1Cl. The Labute approximate surface area is 136 Å². The molecule has 1 aliphatic heterocycles. The van der Waals surface area contributed by atoms with Crippen LogP contribution in [0.3, 0.4) is 0 Å².